The lowest BCUT2D eigenvalue weighted by molar-refractivity contribution is 0.0772. The molecule has 0 bridgehead atoms. The fraction of sp³-hybridized carbons (Fsp3) is 0.389. The number of rotatable bonds is 8. The minimum Gasteiger partial charge on any atom is -0.347 e. The second kappa shape index (κ2) is 9.29. The molecular formula is C18H24N4O2S. The van der Waals surface area contributed by atoms with Crippen molar-refractivity contribution < 1.29 is 9.59 Å². The maximum Gasteiger partial charge on any atom is 0.271 e. The number of carbonyl (C=O) groups is 2. The molecule has 2 rings (SSSR count). The van der Waals surface area contributed by atoms with Gasteiger partial charge in [0.15, 0.2) is 0 Å². The Kier molecular flexibility index (Phi) is 7.09. The highest BCUT2D eigenvalue weighted by Crippen LogP contribution is 2.11. The van der Waals surface area contributed by atoms with Gasteiger partial charge in [-0.2, -0.15) is 0 Å². The minimum atomic E-state index is -0.206. The molecule has 134 valence electrons. The molecule has 6 nitrogen and oxygen atoms in total. The molecule has 3 N–H and O–H groups in total. The number of nitrogens with two attached hydrogens (primary N) is 1. The first kappa shape index (κ1) is 19.1. The van der Waals surface area contributed by atoms with Crippen molar-refractivity contribution >= 4 is 23.2 Å². The fourth-order valence-electron chi connectivity index (χ4n) is 2.38. The number of thiazole rings is 1. The van der Waals surface area contributed by atoms with Gasteiger partial charge in [-0.05, 0) is 38.1 Å². The Morgan fingerprint density at radius 1 is 1.20 bits per heavy atom. The summed E-state index contributed by atoms with van der Waals surface area (Å²) in [5.41, 5.74) is 7.50. The Morgan fingerprint density at radius 3 is 2.48 bits per heavy atom. The standard InChI is InChI=1S/C18H24N4O2S/c1-3-22(4-2)18(24)14-7-5-13(6-8-14)11-20-17(23)15-12-25-16(21-15)9-10-19/h5-8,12H,3-4,9-11,19H2,1-2H3,(H,20,23). The van der Waals surface area contributed by atoms with Crippen LogP contribution in [0.25, 0.3) is 0 Å². The van der Waals surface area contributed by atoms with E-state index in [0.29, 0.717) is 43.9 Å². The van der Waals surface area contributed by atoms with Gasteiger partial charge in [0.05, 0.1) is 5.01 Å². The Bertz CT molecular complexity index is 708. The van der Waals surface area contributed by atoms with Gasteiger partial charge in [0.25, 0.3) is 11.8 Å². The Hall–Kier alpha value is -2.25. The van der Waals surface area contributed by atoms with Gasteiger partial charge in [0, 0.05) is 37.0 Å². The summed E-state index contributed by atoms with van der Waals surface area (Å²) in [5, 5.41) is 5.45. The van der Waals surface area contributed by atoms with Gasteiger partial charge in [0.1, 0.15) is 5.69 Å². The van der Waals surface area contributed by atoms with E-state index in [-0.39, 0.29) is 11.8 Å². The van der Waals surface area contributed by atoms with Crippen LogP contribution in [0, 0.1) is 0 Å². The van der Waals surface area contributed by atoms with Crippen molar-refractivity contribution in [3.05, 3.63) is 51.5 Å². The topological polar surface area (TPSA) is 88.3 Å². The number of nitrogens with zero attached hydrogens (tertiary/aromatic N) is 2. The third-order valence-electron chi connectivity index (χ3n) is 3.85. The van der Waals surface area contributed by atoms with Crippen LogP contribution in [0.3, 0.4) is 0 Å². The van der Waals surface area contributed by atoms with Crippen LogP contribution in [0.5, 0.6) is 0 Å². The molecule has 0 saturated carbocycles. The highest BCUT2D eigenvalue weighted by atomic mass is 32.1. The van der Waals surface area contributed by atoms with Gasteiger partial charge < -0.3 is 16.0 Å². The van der Waals surface area contributed by atoms with Crippen LogP contribution in [-0.4, -0.2) is 41.3 Å². The van der Waals surface area contributed by atoms with Gasteiger partial charge in [-0.25, -0.2) is 4.98 Å². The van der Waals surface area contributed by atoms with Crippen molar-refractivity contribution in [2.45, 2.75) is 26.8 Å². The van der Waals surface area contributed by atoms with E-state index in [0.717, 1.165) is 10.6 Å². The Labute approximate surface area is 152 Å². The zero-order valence-corrected chi connectivity index (χ0v) is 15.4. The molecule has 0 aliphatic rings. The van der Waals surface area contributed by atoms with Crippen molar-refractivity contribution in [1.29, 1.82) is 0 Å². The van der Waals surface area contributed by atoms with Crippen molar-refractivity contribution in [2.75, 3.05) is 19.6 Å². The molecule has 0 radical (unpaired) electrons. The van der Waals surface area contributed by atoms with Crippen LogP contribution in [0.15, 0.2) is 29.6 Å². The number of hydrogen-bond acceptors (Lipinski definition) is 5. The van der Waals surface area contributed by atoms with Gasteiger partial charge in [-0.1, -0.05) is 12.1 Å². The summed E-state index contributed by atoms with van der Waals surface area (Å²) in [4.78, 5) is 30.4. The smallest absolute Gasteiger partial charge is 0.271 e. The second-order valence-electron chi connectivity index (χ2n) is 5.52. The van der Waals surface area contributed by atoms with Gasteiger partial charge in [-0.3, -0.25) is 9.59 Å². The molecule has 0 spiro atoms. The minimum absolute atomic E-state index is 0.0236. The number of carbonyl (C=O) groups excluding carboxylic acids is 2. The summed E-state index contributed by atoms with van der Waals surface area (Å²) in [5.74, 6) is -0.182. The van der Waals surface area contributed by atoms with Gasteiger partial charge in [-0.15, -0.1) is 11.3 Å². The van der Waals surface area contributed by atoms with Crippen LogP contribution in [0.2, 0.25) is 0 Å². The lowest BCUT2D eigenvalue weighted by atomic mass is 10.1. The van der Waals surface area contributed by atoms with E-state index in [1.54, 1.807) is 22.4 Å². The van der Waals surface area contributed by atoms with Crippen molar-refractivity contribution in [2.24, 2.45) is 5.73 Å². The summed E-state index contributed by atoms with van der Waals surface area (Å²) in [6.45, 7) is 6.21. The lowest BCUT2D eigenvalue weighted by Gasteiger charge is -2.18. The molecule has 2 aromatic rings. The predicted octanol–water partition coefficient (Wildman–Crippen LogP) is 2.06. The third-order valence-corrected chi connectivity index (χ3v) is 4.76. The molecule has 0 aliphatic carbocycles. The van der Waals surface area contributed by atoms with Crippen LogP contribution in [0.4, 0.5) is 0 Å². The van der Waals surface area contributed by atoms with Gasteiger partial charge >= 0.3 is 0 Å². The Balaban J connectivity index is 1.92. The monoisotopic (exact) mass is 360 g/mol. The molecule has 1 heterocycles. The van der Waals surface area contributed by atoms with E-state index in [9.17, 15) is 9.59 Å². The molecule has 0 unspecified atom stereocenters. The number of aromatic nitrogens is 1. The highest BCUT2D eigenvalue weighted by Gasteiger charge is 2.13. The van der Waals surface area contributed by atoms with Crippen LogP contribution >= 0.6 is 11.3 Å². The van der Waals surface area contributed by atoms with Crippen molar-refractivity contribution in [1.82, 2.24) is 15.2 Å². The molecule has 2 amide bonds. The van der Waals surface area contributed by atoms with Crippen LogP contribution in [-0.2, 0) is 13.0 Å². The summed E-state index contributed by atoms with van der Waals surface area (Å²) in [6.07, 6.45) is 0.681. The molecular weight excluding hydrogens is 336 g/mol. The largest absolute Gasteiger partial charge is 0.347 e. The van der Waals surface area contributed by atoms with E-state index in [1.165, 1.54) is 11.3 Å². The van der Waals surface area contributed by atoms with Gasteiger partial charge in [0.2, 0.25) is 0 Å². The molecule has 0 atom stereocenters. The first-order valence-electron chi connectivity index (χ1n) is 8.39. The molecule has 0 fully saturated rings. The number of amides is 2. The summed E-state index contributed by atoms with van der Waals surface area (Å²) in [7, 11) is 0. The molecule has 25 heavy (non-hydrogen) atoms. The molecule has 1 aromatic carbocycles. The maximum absolute atomic E-state index is 12.3. The molecule has 0 aliphatic heterocycles. The average Bonchev–Trinajstić information content (AvgIpc) is 3.10. The zero-order chi connectivity index (χ0) is 18.2. The van der Waals surface area contributed by atoms with E-state index >= 15 is 0 Å². The SMILES string of the molecule is CCN(CC)C(=O)c1ccc(CNC(=O)c2csc(CCN)n2)cc1. The lowest BCUT2D eigenvalue weighted by Crippen LogP contribution is -2.30. The number of hydrogen-bond donors (Lipinski definition) is 2. The van der Waals surface area contributed by atoms with E-state index in [2.05, 4.69) is 10.3 Å². The maximum atomic E-state index is 12.3. The average molecular weight is 360 g/mol. The van der Waals surface area contributed by atoms with E-state index < -0.39 is 0 Å². The highest BCUT2D eigenvalue weighted by molar-refractivity contribution is 7.09. The van der Waals surface area contributed by atoms with E-state index in [1.807, 2.05) is 26.0 Å². The summed E-state index contributed by atoms with van der Waals surface area (Å²) in [6, 6.07) is 7.31. The van der Waals surface area contributed by atoms with E-state index in [4.69, 9.17) is 5.73 Å². The molecule has 1 aromatic heterocycles. The van der Waals surface area contributed by atoms with Crippen molar-refractivity contribution in [3.63, 3.8) is 0 Å². The normalized spacial score (nSPS) is 10.5. The zero-order valence-electron chi connectivity index (χ0n) is 14.6. The Morgan fingerprint density at radius 2 is 1.88 bits per heavy atom. The third kappa shape index (κ3) is 5.11. The predicted molar refractivity (Wildman–Crippen MR) is 99.7 cm³/mol. The number of benzene rings is 1. The summed E-state index contributed by atoms with van der Waals surface area (Å²) >= 11 is 1.44. The molecule has 7 heteroatoms. The van der Waals surface area contributed by atoms with Crippen LogP contribution in [0.1, 0.15) is 45.3 Å². The summed E-state index contributed by atoms with van der Waals surface area (Å²) < 4.78 is 0. The first-order valence-corrected chi connectivity index (χ1v) is 9.27. The fourth-order valence-corrected chi connectivity index (χ4v) is 3.18. The first-order chi connectivity index (χ1) is 12.1. The van der Waals surface area contributed by atoms with Crippen molar-refractivity contribution in [3.8, 4) is 0 Å². The molecule has 0 saturated heterocycles. The van der Waals surface area contributed by atoms with Crippen LogP contribution < -0.4 is 11.1 Å². The number of nitrogens with one attached hydrogen (secondary N) is 1. The quantitative estimate of drug-likeness (QED) is 0.754. The second-order valence-corrected chi connectivity index (χ2v) is 6.46.